The van der Waals surface area contributed by atoms with E-state index in [0.717, 1.165) is 30.9 Å². The van der Waals surface area contributed by atoms with Gasteiger partial charge in [-0.2, -0.15) is 13.2 Å². The van der Waals surface area contributed by atoms with E-state index in [0.29, 0.717) is 31.9 Å². The molecule has 6 nitrogen and oxygen atoms in total. The van der Waals surface area contributed by atoms with Crippen LogP contribution in [-0.2, 0) is 17.4 Å². The number of alkyl halides is 3. The molecule has 35 heavy (non-hydrogen) atoms. The van der Waals surface area contributed by atoms with Crippen LogP contribution in [0.25, 0.3) is 0 Å². The lowest BCUT2D eigenvalue weighted by Crippen LogP contribution is -2.45. The highest BCUT2D eigenvalue weighted by molar-refractivity contribution is 6.33. The number of piperidine rings is 1. The Morgan fingerprint density at radius 3 is 2.37 bits per heavy atom. The van der Waals surface area contributed by atoms with Gasteiger partial charge in [0.1, 0.15) is 5.75 Å². The van der Waals surface area contributed by atoms with E-state index in [-0.39, 0.29) is 22.8 Å². The molecule has 2 heterocycles. The molecule has 0 aromatic heterocycles. The molecule has 0 atom stereocenters. The van der Waals surface area contributed by atoms with Crippen molar-refractivity contribution in [3.8, 4) is 5.75 Å². The first-order chi connectivity index (χ1) is 16.6. The Morgan fingerprint density at radius 2 is 1.71 bits per heavy atom. The van der Waals surface area contributed by atoms with Crippen LogP contribution in [0.4, 0.5) is 23.7 Å². The molecular weight excluding hydrogens is 483 g/mol. The van der Waals surface area contributed by atoms with E-state index in [1.165, 1.54) is 17.0 Å². The first-order valence-corrected chi connectivity index (χ1v) is 11.8. The zero-order valence-electron chi connectivity index (χ0n) is 19.3. The summed E-state index contributed by atoms with van der Waals surface area (Å²) in [7, 11) is 1.58. The minimum Gasteiger partial charge on any atom is -0.497 e. The molecule has 1 N–H and O–H groups in total. The maximum atomic E-state index is 13.4. The quantitative estimate of drug-likeness (QED) is 0.595. The molecule has 188 valence electrons. The van der Waals surface area contributed by atoms with Crippen molar-refractivity contribution in [3.05, 3.63) is 58.6 Å². The molecule has 10 heteroatoms. The van der Waals surface area contributed by atoms with Crippen molar-refractivity contribution in [2.75, 3.05) is 38.6 Å². The van der Waals surface area contributed by atoms with Crippen LogP contribution in [0.3, 0.4) is 0 Å². The third-order valence-electron chi connectivity index (χ3n) is 6.94. The number of amides is 3. The van der Waals surface area contributed by atoms with Gasteiger partial charge in [0.05, 0.1) is 29.8 Å². The monoisotopic (exact) mass is 509 g/mol. The summed E-state index contributed by atoms with van der Waals surface area (Å²) in [5.41, 5.74) is -0.658. The van der Waals surface area contributed by atoms with E-state index in [9.17, 15) is 22.8 Å². The molecule has 1 spiro atoms. The Bertz CT molecular complexity index is 1100. The van der Waals surface area contributed by atoms with E-state index in [4.69, 9.17) is 16.3 Å². The minimum absolute atomic E-state index is 0.0408. The molecule has 2 saturated heterocycles. The number of likely N-dealkylation sites (tertiary alicyclic amines) is 2. The predicted octanol–water partition coefficient (Wildman–Crippen LogP) is 5.46. The van der Waals surface area contributed by atoms with E-state index in [1.807, 2.05) is 29.2 Å². The summed E-state index contributed by atoms with van der Waals surface area (Å²) < 4.78 is 45.3. The van der Waals surface area contributed by atoms with Crippen LogP contribution in [0.1, 0.15) is 30.4 Å². The summed E-state index contributed by atoms with van der Waals surface area (Å²) in [5.74, 6) is 0.746. The number of nitrogens with one attached hydrogen (secondary N) is 1. The van der Waals surface area contributed by atoms with Crippen molar-refractivity contribution in [2.24, 2.45) is 5.41 Å². The molecule has 2 fully saturated rings. The van der Waals surface area contributed by atoms with Crippen molar-refractivity contribution >= 4 is 29.2 Å². The van der Waals surface area contributed by atoms with Gasteiger partial charge in [-0.1, -0.05) is 29.8 Å². The fourth-order valence-corrected chi connectivity index (χ4v) is 5.11. The standard InChI is InChI=1S/C25H27ClF3N3O3/c1-35-18-5-2-4-17(14-18)15-21(33)31-11-8-24(9-12-31)10-13-32(16-24)23(34)30-22-19(25(27,28)29)6-3-7-20(22)26/h2-7,14H,8-13,15-16H2,1H3,(H,30,34). The smallest absolute Gasteiger partial charge is 0.418 e. The van der Waals surface area contributed by atoms with Crippen molar-refractivity contribution in [1.82, 2.24) is 9.80 Å². The molecular formula is C25H27ClF3N3O3. The van der Waals surface area contributed by atoms with Crippen LogP contribution in [0.5, 0.6) is 5.75 Å². The predicted molar refractivity (Wildman–Crippen MR) is 127 cm³/mol. The number of carbonyl (C=O) groups excluding carboxylic acids is 2. The van der Waals surface area contributed by atoms with E-state index in [1.54, 1.807) is 7.11 Å². The normalized spacial score (nSPS) is 17.5. The van der Waals surface area contributed by atoms with Crippen molar-refractivity contribution in [2.45, 2.75) is 31.9 Å². The second-order valence-corrected chi connectivity index (χ2v) is 9.58. The molecule has 0 bridgehead atoms. The summed E-state index contributed by atoms with van der Waals surface area (Å²) in [4.78, 5) is 29.0. The Kier molecular flexibility index (Phi) is 7.17. The molecule has 3 amide bonds. The van der Waals surface area contributed by atoms with Crippen LogP contribution >= 0.6 is 11.6 Å². The first-order valence-electron chi connectivity index (χ1n) is 11.4. The average molecular weight is 510 g/mol. The third kappa shape index (κ3) is 5.66. The summed E-state index contributed by atoms with van der Waals surface area (Å²) in [6.45, 7) is 2.04. The number of methoxy groups -OCH3 is 1. The second kappa shape index (κ2) is 9.97. The van der Waals surface area contributed by atoms with Crippen LogP contribution in [-0.4, -0.2) is 55.0 Å². The molecule has 2 aliphatic heterocycles. The van der Waals surface area contributed by atoms with Gasteiger partial charge < -0.3 is 19.9 Å². The van der Waals surface area contributed by atoms with Crippen LogP contribution < -0.4 is 10.1 Å². The highest BCUT2D eigenvalue weighted by Crippen LogP contribution is 2.42. The number of nitrogens with zero attached hydrogens (tertiary/aromatic N) is 2. The van der Waals surface area contributed by atoms with Crippen molar-refractivity contribution in [1.29, 1.82) is 0 Å². The number of ether oxygens (including phenoxy) is 1. The maximum absolute atomic E-state index is 13.4. The number of para-hydroxylation sites is 1. The fourth-order valence-electron chi connectivity index (χ4n) is 4.89. The number of hydrogen-bond donors (Lipinski definition) is 1. The minimum atomic E-state index is -4.63. The number of rotatable bonds is 4. The van der Waals surface area contributed by atoms with Gasteiger partial charge in [0, 0.05) is 26.2 Å². The summed E-state index contributed by atoms with van der Waals surface area (Å²) in [6, 6.07) is 10.2. The Balaban J connectivity index is 1.34. The van der Waals surface area contributed by atoms with Gasteiger partial charge in [-0.05, 0) is 54.5 Å². The summed E-state index contributed by atoms with van der Waals surface area (Å²) in [6.07, 6.45) is -2.13. The average Bonchev–Trinajstić information content (AvgIpc) is 3.23. The number of urea groups is 1. The molecule has 0 unspecified atom stereocenters. The number of anilines is 1. The van der Waals surface area contributed by atoms with E-state index in [2.05, 4.69) is 5.32 Å². The van der Waals surface area contributed by atoms with E-state index >= 15 is 0 Å². The highest BCUT2D eigenvalue weighted by atomic mass is 35.5. The van der Waals surface area contributed by atoms with Gasteiger partial charge in [-0.3, -0.25) is 4.79 Å². The highest BCUT2D eigenvalue weighted by Gasteiger charge is 2.43. The van der Waals surface area contributed by atoms with Gasteiger partial charge >= 0.3 is 12.2 Å². The van der Waals surface area contributed by atoms with Crippen LogP contribution in [0, 0.1) is 5.41 Å². The third-order valence-corrected chi connectivity index (χ3v) is 7.26. The Morgan fingerprint density at radius 1 is 1.06 bits per heavy atom. The van der Waals surface area contributed by atoms with Gasteiger partial charge in [0.15, 0.2) is 0 Å². The molecule has 2 aliphatic rings. The summed E-state index contributed by atoms with van der Waals surface area (Å²) >= 11 is 5.97. The molecule has 4 rings (SSSR count). The van der Waals surface area contributed by atoms with Crippen molar-refractivity contribution < 1.29 is 27.5 Å². The molecule has 2 aromatic carbocycles. The lowest BCUT2D eigenvalue weighted by molar-refractivity contribution is -0.137. The topological polar surface area (TPSA) is 61.9 Å². The molecule has 0 aliphatic carbocycles. The molecule has 0 radical (unpaired) electrons. The molecule has 0 saturated carbocycles. The summed E-state index contributed by atoms with van der Waals surface area (Å²) in [5, 5.41) is 2.21. The number of hydrogen-bond acceptors (Lipinski definition) is 3. The zero-order chi connectivity index (χ0) is 25.2. The van der Waals surface area contributed by atoms with E-state index < -0.39 is 23.5 Å². The lowest BCUT2D eigenvalue weighted by Gasteiger charge is -2.39. The van der Waals surface area contributed by atoms with Gasteiger partial charge in [-0.25, -0.2) is 4.79 Å². The van der Waals surface area contributed by atoms with Crippen molar-refractivity contribution in [3.63, 3.8) is 0 Å². The van der Waals surface area contributed by atoms with Gasteiger partial charge in [-0.15, -0.1) is 0 Å². The lowest BCUT2D eigenvalue weighted by atomic mass is 9.77. The second-order valence-electron chi connectivity index (χ2n) is 9.17. The first kappa shape index (κ1) is 25.2. The maximum Gasteiger partial charge on any atom is 0.418 e. The Labute approximate surface area is 207 Å². The van der Waals surface area contributed by atoms with Gasteiger partial charge in [0.2, 0.25) is 5.91 Å². The van der Waals surface area contributed by atoms with Gasteiger partial charge in [0.25, 0.3) is 0 Å². The zero-order valence-corrected chi connectivity index (χ0v) is 20.1. The fraction of sp³-hybridized carbons (Fsp3) is 0.440. The largest absolute Gasteiger partial charge is 0.497 e. The number of benzene rings is 2. The SMILES string of the molecule is COc1cccc(CC(=O)N2CCC3(CC2)CCN(C(=O)Nc2c(Cl)cccc2C(F)(F)F)C3)c1. The van der Waals surface area contributed by atoms with Crippen LogP contribution in [0.2, 0.25) is 5.02 Å². The number of carbonyl (C=O) groups is 2. The number of halogens is 4. The molecule has 2 aromatic rings. The Hall–Kier alpha value is -2.94. The van der Waals surface area contributed by atoms with Crippen LogP contribution in [0.15, 0.2) is 42.5 Å².